The van der Waals surface area contributed by atoms with Gasteiger partial charge in [0.05, 0.1) is 23.8 Å². The first-order valence-corrected chi connectivity index (χ1v) is 6.43. The number of methoxy groups -OCH3 is 1. The van der Waals surface area contributed by atoms with Crippen molar-refractivity contribution >= 4 is 15.9 Å². The molecule has 96 valence electrons. The van der Waals surface area contributed by atoms with Gasteiger partial charge in [0, 0.05) is 12.6 Å². The minimum atomic E-state index is 0.671. The van der Waals surface area contributed by atoms with E-state index < -0.39 is 0 Å². The Morgan fingerprint density at radius 2 is 2.17 bits per heavy atom. The lowest BCUT2D eigenvalue weighted by atomic mass is 10.2. The Bertz CT molecular complexity index is 525. The summed E-state index contributed by atoms with van der Waals surface area (Å²) in [4.78, 5) is 0. The molecule has 0 saturated carbocycles. The Labute approximate surface area is 114 Å². The maximum Gasteiger partial charge on any atom is 0.150 e. The van der Waals surface area contributed by atoms with Gasteiger partial charge in [-0.25, -0.2) is 0 Å². The molecule has 2 rings (SSSR count). The molecule has 0 amide bonds. The number of hydrogen-bond donors (Lipinski definition) is 1. The fourth-order valence-electron chi connectivity index (χ4n) is 1.65. The highest BCUT2D eigenvalue weighted by Crippen LogP contribution is 2.25. The molecular weight excluding hydrogens is 296 g/mol. The first-order valence-electron chi connectivity index (χ1n) is 5.64. The number of benzene rings is 1. The molecular formula is C13H15BrN2O2. The van der Waals surface area contributed by atoms with Crippen molar-refractivity contribution in [3.8, 4) is 5.75 Å². The van der Waals surface area contributed by atoms with Gasteiger partial charge in [0.25, 0.3) is 0 Å². The van der Waals surface area contributed by atoms with E-state index in [-0.39, 0.29) is 0 Å². The lowest BCUT2D eigenvalue weighted by molar-refractivity contribution is 0.369. The van der Waals surface area contributed by atoms with Gasteiger partial charge in [0.2, 0.25) is 0 Å². The minimum absolute atomic E-state index is 0.671. The number of nitrogens with zero attached hydrogens (tertiary/aromatic N) is 1. The van der Waals surface area contributed by atoms with Crippen molar-refractivity contribution < 1.29 is 9.26 Å². The van der Waals surface area contributed by atoms with E-state index >= 15 is 0 Å². The van der Waals surface area contributed by atoms with Crippen molar-refractivity contribution in [1.29, 1.82) is 0 Å². The van der Waals surface area contributed by atoms with Gasteiger partial charge in [-0.05, 0) is 40.5 Å². The lowest BCUT2D eigenvalue weighted by Crippen LogP contribution is -2.12. The van der Waals surface area contributed by atoms with Crippen LogP contribution in [0.3, 0.4) is 0 Å². The molecule has 5 heteroatoms. The van der Waals surface area contributed by atoms with Crippen molar-refractivity contribution in [1.82, 2.24) is 10.5 Å². The lowest BCUT2D eigenvalue weighted by Gasteiger charge is -2.06. The van der Waals surface area contributed by atoms with Crippen LogP contribution in [0.25, 0.3) is 0 Å². The van der Waals surface area contributed by atoms with Crippen LogP contribution in [0.5, 0.6) is 5.75 Å². The zero-order chi connectivity index (χ0) is 13.0. The predicted molar refractivity (Wildman–Crippen MR) is 72.5 cm³/mol. The Morgan fingerprint density at radius 1 is 1.33 bits per heavy atom. The van der Waals surface area contributed by atoms with E-state index in [1.807, 2.05) is 31.2 Å². The third-order valence-electron chi connectivity index (χ3n) is 2.52. The van der Waals surface area contributed by atoms with Crippen molar-refractivity contribution in [3.05, 3.63) is 45.8 Å². The van der Waals surface area contributed by atoms with E-state index in [0.717, 1.165) is 28.2 Å². The van der Waals surface area contributed by atoms with Gasteiger partial charge in [-0.2, -0.15) is 0 Å². The number of aryl methyl sites for hydroxylation is 1. The van der Waals surface area contributed by atoms with Crippen molar-refractivity contribution in [2.24, 2.45) is 0 Å². The molecule has 0 spiro atoms. The first kappa shape index (κ1) is 13.1. The number of nitrogens with one attached hydrogen (secondary N) is 1. The fourth-order valence-corrected chi connectivity index (χ4v) is 2.24. The standard InChI is InChI=1S/C13H15BrN2O2/c1-9-5-11(18-16-9)8-15-7-10-3-4-13(17-2)12(14)6-10/h3-6,15H,7-8H2,1-2H3. The van der Waals surface area contributed by atoms with Gasteiger partial charge < -0.3 is 14.6 Å². The molecule has 1 N–H and O–H groups in total. The molecule has 1 aromatic carbocycles. The van der Waals surface area contributed by atoms with Crippen LogP contribution >= 0.6 is 15.9 Å². The van der Waals surface area contributed by atoms with Gasteiger partial charge >= 0.3 is 0 Å². The van der Waals surface area contributed by atoms with Crippen molar-refractivity contribution in [3.63, 3.8) is 0 Å². The van der Waals surface area contributed by atoms with Gasteiger partial charge in [0.1, 0.15) is 5.75 Å². The summed E-state index contributed by atoms with van der Waals surface area (Å²) in [7, 11) is 1.66. The SMILES string of the molecule is COc1ccc(CNCc2cc(C)no2)cc1Br. The molecule has 4 nitrogen and oxygen atoms in total. The molecule has 0 bridgehead atoms. The second-order valence-electron chi connectivity index (χ2n) is 4.01. The van der Waals surface area contributed by atoms with Crippen LogP contribution in [0.2, 0.25) is 0 Å². The van der Waals surface area contributed by atoms with E-state index in [0.29, 0.717) is 6.54 Å². The minimum Gasteiger partial charge on any atom is -0.496 e. The largest absolute Gasteiger partial charge is 0.496 e. The Balaban J connectivity index is 1.88. The summed E-state index contributed by atoms with van der Waals surface area (Å²) in [5, 5.41) is 7.14. The van der Waals surface area contributed by atoms with Crippen LogP contribution in [0.1, 0.15) is 17.0 Å². The maximum atomic E-state index is 5.19. The summed E-state index contributed by atoms with van der Waals surface area (Å²) in [5.41, 5.74) is 2.08. The average Bonchev–Trinajstić information content (AvgIpc) is 2.75. The second kappa shape index (κ2) is 6.02. The van der Waals surface area contributed by atoms with E-state index in [1.54, 1.807) is 7.11 Å². The number of aromatic nitrogens is 1. The first-order chi connectivity index (χ1) is 8.69. The normalized spacial score (nSPS) is 10.6. The van der Waals surface area contributed by atoms with Gasteiger partial charge in [-0.1, -0.05) is 11.2 Å². The summed E-state index contributed by atoms with van der Waals surface area (Å²) in [6.45, 7) is 3.35. The van der Waals surface area contributed by atoms with Gasteiger partial charge in [-0.15, -0.1) is 0 Å². The van der Waals surface area contributed by atoms with Crippen LogP contribution in [-0.4, -0.2) is 12.3 Å². The molecule has 0 radical (unpaired) electrons. The van der Waals surface area contributed by atoms with E-state index in [4.69, 9.17) is 9.26 Å². The van der Waals surface area contributed by atoms with E-state index in [9.17, 15) is 0 Å². The zero-order valence-electron chi connectivity index (χ0n) is 10.4. The fraction of sp³-hybridized carbons (Fsp3) is 0.308. The molecule has 2 aromatic rings. The van der Waals surface area contributed by atoms with Crippen molar-refractivity contribution in [2.45, 2.75) is 20.0 Å². The highest BCUT2D eigenvalue weighted by atomic mass is 79.9. The molecule has 0 saturated heterocycles. The summed E-state index contributed by atoms with van der Waals surface area (Å²) in [5.74, 6) is 1.68. The van der Waals surface area contributed by atoms with Crippen LogP contribution in [-0.2, 0) is 13.1 Å². The molecule has 1 aromatic heterocycles. The monoisotopic (exact) mass is 310 g/mol. The summed E-state index contributed by atoms with van der Waals surface area (Å²) >= 11 is 3.47. The van der Waals surface area contributed by atoms with Gasteiger partial charge in [-0.3, -0.25) is 0 Å². The molecule has 0 fully saturated rings. The summed E-state index contributed by atoms with van der Waals surface area (Å²) in [6.07, 6.45) is 0. The second-order valence-corrected chi connectivity index (χ2v) is 4.86. The van der Waals surface area contributed by atoms with Crippen molar-refractivity contribution in [2.75, 3.05) is 7.11 Å². The number of ether oxygens (including phenoxy) is 1. The molecule has 0 aliphatic heterocycles. The maximum absolute atomic E-state index is 5.19. The number of rotatable bonds is 5. The summed E-state index contributed by atoms with van der Waals surface area (Å²) in [6, 6.07) is 7.94. The third kappa shape index (κ3) is 3.34. The average molecular weight is 311 g/mol. The highest BCUT2D eigenvalue weighted by Gasteiger charge is 2.03. The predicted octanol–water partition coefficient (Wildman–Crippen LogP) is 3.04. The number of halogens is 1. The zero-order valence-corrected chi connectivity index (χ0v) is 12.0. The molecule has 0 aliphatic rings. The Morgan fingerprint density at radius 3 is 2.78 bits per heavy atom. The van der Waals surface area contributed by atoms with E-state index in [1.165, 1.54) is 5.56 Å². The van der Waals surface area contributed by atoms with Gasteiger partial charge in [0.15, 0.2) is 5.76 Å². The molecule has 18 heavy (non-hydrogen) atoms. The van der Waals surface area contributed by atoms with E-state index in [2.05, 4.69) is 26.4 Å². The van der Waals surface area contributed by atoms with Crippen LogP contribution < -0.4 is 10.1 Å². The summed E-state index contributed by atoms with van der Waals surface area (Å²) < 4.78 is 11.3. The van der Waals surface area contributed by atoms with Crippen LogP contribution in [0.4, 0.5) is 0 Å². The Kier molecular flexibility index (Phi) is 4.38. The highest BCUT2D eigenvalue weighted by molar-refractivity contribution is 9.10. The van der Waals surface area contributed by atoms with Crippen LogP contribution in [0, 0.1) is 6.92 Å². The third-order valence-corrected chi connectivity index (χ3v) is 3.14. The molecule has 1 heterocycles. The molecule has 0 unspecified atom stereocenters. The molecule has 0 atom stereocenters. The molecule has 0 aliphatic carbocycles. The van der Waals surface area contributed by atoms with Crippen LogP contribution in [0.15, 0.2) is 33.3 Å². The number of hydrogen-bond acceptors (Lipinski definition) is 4. The Hall–Kier alpha value is -1.33. The quantitative estimate of drug-likeness (QED) is 0.922. The topological polar surface area (TPSA) is 47.3 Å². The smallest absolute Gasteiger partial charge is 0.150 e.